The van der Waals surface area contributed by atoms with E-state index in [1.807, 2.05) is 12.1 Å². The Morgan fingerprint density at radius 1 is 1.14 bits per heavy atom. The Balaban J connectivity index is 1.58. The van der Waals surface area contributed by atoms with Crippen molar-refractivity contribution in [3.05, 3.63) is 24.7 Å². The van der Waals surface area contributed by atoms with E-state index in [1.165, 1.54) is 32.4 Å². The van der Waals surface area contributed by atoms with Crippen molar-refractivity contribution < 1.29 is 9.47 Å². The average molecular weight is 301 g/mol. The first kappa shape index (κ1) is 15.0. The molecule has 1 fully saturated rings. The van der Waals surface area contributed by atoms with Crippen molar-refractivity contribution in [3.63, 3.8) is 0 Å². The molecule has 0 N–H and O–H groups in total. The van der Waals surface area contributed by atoms with Crippen LogP contribution in [0.15, 0.2) is 24.7 Å². The van der Waals surface area contributed by atoms with Gasteiger partial charge in [-0.3, -0.25) is 0 Å². The van der Waals surface area contributed by atoms with Gasteiger partial charge in [-0.15, -0.1) is 0 Å². The second kappa shape index (κ2) is 7.40. The van der Waals surface area contributed by atoms with Gasteiger partial charge in [-0.05, 0) is 38.4 Å². The highest BCUT2D eigenvalue weighted by molar-refractivity contribution is 5.81. The minimum atomic E-state index is 0.698. The standard InChI is InChI=1S/C17H23N3O2/c1-21-16-10-14-12-18-13-19-15(14)11-17(16)22-9-5-8-20-6-3-2-4-7-20/h10-13H,2-9H2,1H3. The third kappa shape index (κ3) is 3.65. The van der Waals surface area contributed by atoms with Crippen LogP contribution in [0.3, 0.4) is 0 Å². The van der Waals surface area contributed by atoms with Crippen LogP contribution in [0.25, 0.3) is 10.9 Å². The number of hydrogen-bond donors (Lipinski definition) is 0. The van der Waals surface area contributed by atoms with Crippen LogP contribution in [-0.4, -0.2) is 48.2 Å². The zero-order chi connectivity index (χ0) is 15.2. The number of hydrogen-bond acceptors (Lipinski definition) is 5. The molecule has 1 aliphatic heterocycles. The first-order valence-electron chi connectivity index (χ1n) is 8.00. The second-order valence-electron chi connectivity index (χ2n) is 5.69. The number of fused-ring (bicyclic) bond motifs is 1. The summed E-state index contributed by atoms with van der Waals surface area (Å²) in [6.45, 7) is 4.27. The fourth-order valence-electron chi connectivity index (χ4n) is 2.91. The van der Waals surface area contributed by atoms with Crippen LogP contribution < -0.4 is 9.47 Å². The van der Waals surface area contributed by atoms with Crippen LogP contribution in [0.2, 0.25) is 0 Å². The Kier molecular flexibility index (Phi) is 5.06. The monoisotopic (exact) mass is 301 g/mol. The maximum atomic E-state index is 5.92. The van der Waals surface area contributed by atoms with Gasteiger partial charge in [0.2, 0.25) is 0 Å². The number of nitrogens with zero attached hydrogens (tertiary/aromatic N) is 3. The molecule has 1 aromatic carbocycles. The predicted molar refractivity (Wildman–Crippen MR) is 86.5 cm³/mol. The minimum absolute atomic E-state index is 0.698. The molecular formula is C17H23N3O2. The molecule has 1 saturated heterocycles. The SMILES string of the molecule is COc1cc2cncnc2cc1OCCCN1CCCCC1. The summed E-state index contributed by atoms with van der Waals surface area (Å²) in [6.07, 6.45) is 8.41. The van der Waals surface area contributed by atoms with Gasteiger partial charge >= 0.3 is 0 Å². The Morgan fingerprint density at radius 2 is 2.00 bits per heavy atom. The molecule has 5 heteroatoms. The van der Waals surface area contributed by atoms with Crippen molar-refractivity contribution in [2.24, 2.45) is 0 Å². The number of methoxy groups -OCH3 is 1. The van der Waals surface area contributed by atoms with Gasteiger partial charge in [0.1, 0.15) is 6.33 Å². The molecule has 0 radical (unpaired) electrons. The van der Waals surface area contributed by atoms with Gasteiger partial charge in [0.05, 0.1) is 19.2 Å². The molecule has 0 unspecified atom stereocenters. The summed E-state index contributed by atoms with van der Waals surface area (Å²) in [6, 6.07) is 3.85. The summed E-state index contributed by atoms with van der Waals surface area (Å²) >= 11 is 0. The number of likely N-dealkylation sites (tertiary alicyclic amines) is 1. The quantitative estimate of drug-likeness (QED) is 0.768. The zero-order valence-corrected chi connectivity index (χ0v) is 13.1. The van der Waals surface area contributed by atoms with E-state index in [9.17, 15) is 0 Å². The fourth-order valence-corrected chi connectivity index (χ4v) is 2.91. The molecule has 1 aliphatic rings. The summed E-state index contributed by atoms with van der Waals surface area (Å²) in [7, 11) is 1.66. The van der Waals surface area contributed by atoms with Gasteiger partial charge in [-0.2, -0.15) is 0 Å². The van der Waals surface area contributed by atoms with Crippen molar-refractivity contribution in [2.75, 3.05) is 33.4 Å². The Morgan fingerprint density at radius 3 is 2.82 bits per heavy atom. The molecule has 0 aliphatic carbocycles. The third-order valence-corrected chi connectivity index (χ3v) is 4.11. The van der Waals surface area contributed by atoms with Crippen molar-refractivity contribution in [3.8, 4) is 11.5 Å². The van der Waals surface area contributed by atoms with E-state index < -0.39 is 0 Å². The lowest BCUT2D eigenvalue weighted by molar-refractivity contribution is 0.203. The third-order valence-electron chi connectivity index (χ3n) is 4.11. The average Bonchev–Trinajstić information content (AvgIpc) is 2.59. The van der Waals surface area contributed by atoms with Crippen molar-refractivity contribution in [1.82, 2.24) is 14.9 Å². The minimum Gasteiger partial charge on any atom is -0.493 e. The number of aromatic nitrogens is 2. The molecule has 22 heavy (non-hydrogen) atoms. The highest BCUT2D eigenvalue weighted by Crippen LogP contribution is 2.31. The predicted octanol–water partition coefficient (Wildman–Crippen LogP) is 2.89. The summed E-state index contributed by atoms with van der Waals surface area (Å²) in [5, 5.41) is 0.958. The second-order valence-corrected chi connectivity index (χ2v) is 5.69. The van der Waals surface area contributed by atoms with E-state index in [0.717, 1.165) is 35.4 Å². The van der Waals surface area contributed by atoms with Crippen LogP contribution in [0.5, 0.6) is 11.5 Å². The molecule has 0 atom stereocenters. The summed E-state index contributed by atoms with van der Waals surface area (Å²) in [4.78, 5) is 10.8. The molecule has 0 bridgehead atoms. The molecule has 3 rings (SSSR count). The number of ether oxygens (including phenoxy) is 2. The lowest BCUT2D eigenvalue weighted by Crippen LogP contribution is -2.31. The van der Waals surface area contributed by atoms with Gasteiger partial charge < -0.3 is 14.4 Å². The highest BCUT2D eigenvalue weighted by Gasteiger charge is 2.10. The summed E-state index contributed by atoms with van der Waals surface area (Å²) in [5.74, 6) is 1.49. The fraction of sp³-hybridized carbons (Fsp3) is 0.529. The van der Waals surface area contributed by atoms with Crippen LogP contribution in [0, 0.1) is 0 Å². The van der Waals surface area contributed by atoms with Gasteiger partial charge in [0.25, 0.3) is 0 Å². The molecule has 0 amide bonds. The van der Waals surface area contributed by atoms with Gasteiger partial charge in [-0.25, -0.2) is 9.97 Å². The summed E-state index contributed by atoms with van der Waals surface area (Å²) < 4.78 is 11.3. The molecule has 0 spiro atoms. The van der Waals surface area contributed by atoms with Crippen LogP contribution in [0.1, 0.15) is 25.7 Å². The Hall–Kier alpha value is -1.88. The first-order valence-corrected chi connectivity index (χ1v) is 8.00. The van der Waals surface area contributed by atoms with Gasteiger partial charge in [0, 0.05) is 24.2 Å². The molecular weight excluding hydrogens is 278 g/mol. The topological polar surface area (TPSA) is 47.5 Å². The van der Waals surface area contributed by atoms with E-state index in [0.29, 0.717) is 6.61 Å². The Bertz CT molecular complexity index is 612. The van der Waals surface area contributed by atoms with Gasteiger partial charge in [0.15, 0.2) is 11.5 Å². The van der Waals surface area contributed by atoms with E-state index in [-0.39, 0.29) is 0 Å². The Labute approximate surface area is 131 Å². The van der Waals surface area contributed by atoms with Gasteiger partial charge in [-0.1, -0.05) is 6.42 Å². The van der Waals surface area contributed by atoms with E-state index >= 15 is 0 Å². The molecule has 0 saturated carbocycles. The molecule has 2 heterocycles. The van der Waals surface area contributed by atoms with Crippen LogP contribution >= 0.6 is 0 Å². The maximum absolute atomic E-state index is 5.92. The van der Waals surface area contributed by atoms with E-state index in [1.54, 1.807) is 19.6 Å². The molecule has 1 aromatic heterocycles. The van der Waals surface area contributed by atoms with Crippen LogP contribution in [-0.2, 0) is 0 Å². The zero-order valence-electron chi connectivity index (χ0n) is 13.1. The van der Waals surface area contributed by atoms with Crippen LogP contribution in [0.4, 0.5) is 0 Å². The molecule has 5 nitrogen and oxygen atoms in total. The largest absolute Gasteiger partial charge is 0.493 e. The number of benzene rings is 1. The summed E-state index contributed by atoms with van der Waals surface area (Å²) in [5.41, 5.74) is 0.877. The highest BCUT2D eigenvalue weighted by atomic mass is 16.5. The number of piperidine rings is 1. The number of rotatable bonds is 6. The maximum Gasteiger partial charge on any atom is 0.163 e. The smallest absolute Gasteiger partial charge is 0.163 e. The first-order chi connectivity index (χ1) is 10.9. The molecule has 118 valence electrons. The van der Waals surface area contributed by atoms with Crippen molar-refractivity contribution in [2.45, 2.75) is 25.7 Å². The van der Waals surface area contributed by atoms with Crippen molar-refractivity contribution >= 4 is 10.9 Å². The van der Waals surface area contributed by atoms with E-state index in [2.05, 4.69) is 14.9 Å². The molecule has 2 aromatic rings. The lowest BCUT2D eigenvalue weighted by atomic mass is 10.1. The van der Waals surface area contributed by atoms with E-state index in [4.69, 9.17) is 9.47 Å². The van der Waals surface area contributed by atoms with Crippen molar-refractivity contribution in [1.29, 1.82) is 0 Å². The lowest BCUT2D eigenvalue weighted by Gasteiger charge is -2.26. The normalized spacial score (nSPS) is 15.9.